The van der Waals surface area contributed by atoms with Crippen LogP contribution in [-0.2, 0) is 0 Å². The summed E-state index contributed by atoms with van der Waals surface area (Å²) in [5.74, 6) is 1.09. The molecule has 1 heterocycles. The van der Waals surface area contributed by atoms with Crippen LogP contribution >= 0.6 is 0 Å². The molecule has 0 bridgehead atoms. The van der Waals surface area contributed by atoms with Gasteiger partial charge in [-0.25, -0.2) is 0 Å². The minimum Gasteiger partial charge on any atom is -0.497 e. The minimum atomic E-state index is 0.427. The van der Waals surface area contributed by atoms with E-state index in [1.807, 2.05) is 0 Å². The molecule has 0 amide bonds. The fraction of sp³-hybridized carbons (Fsp3) is 0.0909. The van der Waals surface area contributed by atoms with Crippen molar-refractivity contribution < 1.29 is 9.53 Å². The van der Waals surface area contributed by atoms with Gasteiger partial charge in [-0.2, -0.15) is 5.10 Å². The molecule has 0 atom stereocenters. The SMILES string of the molecule is COc1ccc(C=O)c(-c2cn[nH]c2N)c1. The molecular formula is C11H11N3O2. The number of aldehydes is 1. The number of aromatic amines is 1. The van der Waals surface area contributed by atoms with Crippen molar-refractivity contribution in [2.75, 3.05) is 12.8 Å². The summed E-state index contributed by atoms with van der Waals surface area (Å²) < 4.78 is 5.10. The van der Waals surface area contributed by atoms with Crippen molar-refractivity contribution in [3.05, 3.63) is 30.0 Å². The van der Waals surface area contributed by atoms with E-state index in [2.05, 4.69) is 10.2 Å². The molecule has 0 unspecified atom stereocenters. The van der Waals surface area contributed by atoms with E-state index in [0.29, 0.717) is 28.3 Å². The van der Waals surface area contributed by atoms with Crippen LogP contribution in [0.4, 0.5) is 5.82 Å². The van der Waals surface area contributed by atoms with Crippen molar-refractivity contribution in [2.45, 2.75) is 0 Å². The van der Waals surface area contributed by atoms with Gasteiger partial charge in [-0.3, -0.25) is 9.89 Å². The van der Waals surface area contributed by atoms with Crippen molar-refractivity contribution in [2.24, 2.45) is 0 Å². The predicted molar refractivity (Wildman–Crippen MR) is 60.4 cm³/mol. The lowest BCUT2D eigenvalue weighted by Crippen LogP contribution is -1.93. The largest absolute Gasteiger partial charge is 0.497 e. The van der Waals surface area contributed by atoms with Gasteiger partial charge in [-0.15, -0.1) is 0 Å². The van der Waals surface area contributed by atoms with Crippen molar-refractivity contribution in [1.82, 2.24) is 10.2 Å². The number of carbonyl (C=O) groups excluding carboxylic acids is 1. The molecule has 3 N–H and O–H groups in total. The fourth-order valence-corrected chi connectivity index (χ4v) is 1.51. The molecule has 0 spiro atoms. The number of nitrogens with one attached hydrogen (secondary N) is 1. The van der Waals surface area contributed by atoms with Crippen LogP contribution in [0.3, 0.4) is 0 Å². The van der Waals surface area contributed by atoms with Gasteiger partial charge in [-0.1, -0.05) is 0 Å². The number of nitrogens with zero attached hydrogens (tertiary/aromatic N) is 1. The van der Waals surface area contributed by atoms with Crippen LogP contribution in [0.1, 0.15) is 10.4 Å². The van der Waals surface area contributed by atoms with Crippen molar-refractivity contribution in [3.8, 4) is 16.9 Å². The Morgan fingerprint density at radius 3 is 2.81 bits per heavy atom. The molecule has 1 aromatic heterocycles. The first-order valence-electron chi connectivity index (χ1n) is 4.68. The van der Waals surface area contributed by atoms with Gasteiger partial charge in [-0.05, 0) is 18.2 Å². The monoisotopic (exact) mass is 217 g/mol. The molecule has 0 saturated heterocycles. The molecule has 0 radical (unpaired) electrons. The number of anilines is 1. The standard InChI is InChI=1S/C11H11N3O2/c1-16-8-3-2-7(6-15)9(4-8)10-5-13-14-11(10)12/h2-6H,1H3,(H3,12,13,14). The quantitative estimate of drug-likeness (QED) is 0.763. The summed E-state index contributed by atoms with van der Waals surface area (Å²) in [6.45, 7) is 0. The molecule has 5 heteroatoms. The zero-order valence-corrected chi connectivity index (χ0v) is 8.73. The number of nitrogen functional groups attached to an aromatic ring is 1. The van der Waals surface area contributed by atoms with E-state index in [1.54, 1.807) is 31.5 Å². The van der Waals surface area contributed by atoms with Crippen molar-refractivity contribution >= 4 is 12.1 Å². The zero-order valence-electron chi connectivity index (χ0n) is 8.73. The molecule has 5 nitrogen and oxygen atoms in total. The van der Waals surface area contributed by atoms with Gasteiger partial charge in [0.15, 0.2) is 6.29 Å². The lowest BCUT2D eigenvalue weighted by Gasteiger charge is -2.06. The maximum atomic E-state index is 10.9. The topological polar surface area (TPSA) is 81.0 Å². The van der Waals surface area contributed by atoms with Gasteiger partial charge in [0, 0.05) is 16.7 Å². The highest BCUT2D eigenvalue weighted by Gasteiger charge is 2.10. The first kappa shape index (κ1) is 10.2. The third kappa shape index (κ3) is 1.63. The maximum Gasteiger partial charge on any atom is 0.150 e. The normalized spacial score (nSPS) is 10.1. The third-order valence-electron chi connectivity index (χ3n) is 2.35. The highest BCUT2D eigenvalue weighted by molar-refractivity contribution is 5.90. The number of rotatable bonds is 3. The number of aromatic nitrogens is 2. The third-order valence-corrected chi connectivity index (χ3v) is 2.35. The smallest absolute Gasteiger partial charge is 0.150 e. The number of H-pyrrole nitrogens is 1. The first-order chi connectivity index (χ1) is 7.76. The Bertz CT molecular complexity index is 520. The van der Waals surface area contributed by atoms with E-state index in [9.17, 15) is 4.79 Å². The average molecular weight is 217 g/mol. The highest BCUT2D eigenvalue weighted by atomic mass is 16.5. The fourth-order valence-electron chi connectivity index (χ4n) is 1.51. The van der Waals surface area contributed by atoms with Crippen molar-refractivity contribution in [3.63, 3.8) is 0 Å². The number of carbonyl (C=O) groups is 1. The van der Waals surface area contributed by atoms with Crippen LogP contribution in [-0.4, -0.2) is 23.6 Å². The van der Waals surface area contributed by atoms with Crippen LogP contribution in [0.5, 0.6) is 5.75 Å². The van der Waals surface area contributed by atoms with E-state index in [-0.39, 0.29) is 0 Å². The van der Waals surface area contributed by atoms with E-state index in [4.69, 9.17) is 10.5 Å². The summed E-state index contributed by atoms with van der Waals surface area (Å²) in [6.07, 6.45) is 2.36. The second kappa shape index (κ2) is 4.06. The molecule has 0 fully saturated rings. The van der Waals surface area contributed by atoms with Crippen LogP contribution < -0.4 is 10.5 Å². The molecule has 0 aliphatic rings. The Hall–Kier alpha value is -2.30. The van der Waals surface area contributed by atoms with E-state index in [1.165, 1.54) is 0 Å². The number of nitrogens with two attached hydrogens (primary N) is 1. The van der Waals surface area contributed by atoms with Crippen LogP contribution in [0.15, 0.2) is 24.4 Å². The zero-order chi connectivity index (χ0) is 11.5. The number of ether oxygens (including phenoxy) is 1. The van der Waals surface area contributed by atoms with Gasteiger partial charge < -0.3 is 10.5 Å². The molecule has 82 valence electrons. The summed E-state index contributed by atoms with van der Waals surface area (Å²) in [7, 11) is 1.57. The van der Waals surface area contributed by atoms with Gasteiger partial charge >= 0.3 is 0 Å². The summed E-state index contributed by atoms with van der Waals surface area (Å²) in [5.41, 5.74) is 7.67. The molecule has 2 aromatic rings. The summed E-state index contributed by atoms with van der Waals surface area (Å²) in [4.78, 5) is 10.9. The van der Waals surface area contributed by atoms with E-state index >= 15 is 0 Å². The average Bonchev–Trinajstić information content (AvgIpc) is 2.74. The van der Waals surface area contributed by atoms with Crippen LogP contribution in [0, 0.1) is 0 Å². The summed E-state index contributed by atoms with van der Waals surface area (Å²) >= 11 is 0. The molecule has 16 heavy (non-hydrogen) atoms. The van der Waals surface area contributed by atoms with Crippen LogP contribution in [0.25, 0.3) is 11.1 Å². The van der Waals surface area contributed by atoms with Gasteiger partial charge in [0.05, 0.1) is 13.3 Å². The van der Waals surface area contributed by atoms with Crippen LogP contribution in [0.2, 0.25) is 0 Å². The molecular weight excluding hydrogens is 206 g/mol. The number of benzene rings is 1. The van der Waals surface area contributed by atoms with Gasteiger partial charge in [0.1, 0.15) is 11.6 Å². The Kier molecular flexibility index (Phi) is 2.59. The predicted octanol–water partition coefficient (Wildman–Crippen LogP) is 1.48. The number of hydrogen-bond donors (Lipinski definition) is 2. The Morgan fingerprint density at radius 2 is 2.25 bits per heavy atom. The molecule has 1 aromatic carbocycles. The highest BCUT2D eigenvalue weighted by Crippen LogP contribution is 2.29. The molecule has 0 aliphatic carbocycles. The second-order valence-corrected chi connectivity index (χ2v) is 3.27. The second-order valence-electron chi connectivity index (χ2n) is 3.27. The van der Waals surface area contributed by atoms with Crippen molar-refractivity contribution in [1.29, 1.82) is 0 Å². The van der Waals surface area contributed by atoms with Gasteiger partial charge in [0.25, 0.3) is 0 Å². The summed E-state index contributed by atoms with van der Waals surface area (Å²) in [6, 6.07) is 5.17. The van der Waals surface area contributed by atoms with E-state index in [0.717, 1.165) is 6.29 Å². The molecule has 2 rings (SSSR count). The Morgan fingerprint density at radius 1 is 1.44 bits per heavy atom. The Balaban J connectivity index is 2.61. The number of hydrogen-bond acceptors (Lipinski definition) is 4. The lowest BCUT2D eigenvalue weighted by atomic mass is 10.0. The minimum absolute atomic E-state index is 0.427. The van der Waals surface area contributed by atoms with Gasteiger partial charge in [0.2, 0.25) is 0 Å². The molecule has 0 saturated carbocycles. The van der Waals surface area contributed by atoms with E-state index < -0.39 is 0 Å². The number of methoxy groups -OCH3 is 1. The lowest BCUT2D eigenvalue weighted by molar-refractivity contribution is 0.112. The summed E-state index contributed by atoms with van der Waals surface area (Å²) in [5, 5.41) is 6.45. The maximum absolute atomic E-state index is 10.9. The Labute approximate surface area is 92.2 Å². The first-order valence-corrected chi connectivity index (χ1v) is 4.68. The molecule has 0 aliphatic heterocycles.